The van der Waals surface area contributed by atoms with Crippen molar-refractivity contribution < 1.29 is 4.79 Å². The molecule has 2 aromatic rings. The Morgan fingerprint density at radius 1 is 1.53 bits per heavy atom. The summed E-state index contributed by atoms with van der Waals surface area (Å²) < 4.78 is 0. The van der Waals surface area contributed by atoms with E-state index in [0.717, 1.165) is 16.3 Å². The number of aromatic nitrogens is 1. The Morgan fingerprint density at radius 2 is 2.37 bits per heavy atom. The predicted molar refractivity (Wildman–Crippen MR) is 77.0 cm³/mol. The van der Waals surface area contributed by atoms with Crippen LogP contribution >= 0.6 is 22.7 Å². The number of carbonyl (C=O) groups is 1. The minimum absolute atomic E-state index is 0.00239. The van der Waals surface area contributed by atoms with Gasteiger partial charge in [0.2, 0.25) is 5.91 Å². The summed E-state index contributed by atoms with van der Waals surface area (Å²) in [5.41, 5.74) is 1.89. The Balaban J connectivity index is 1.97. The molecule has 0 spiro atoms. The van der Waals surface area contributed by atoms with Crippen molar-refractivity contribution in [1.29, 1.82) is 5.26 Å². The van der Waals surface area contributed by atoms with E-state index in [1.165, 1.54) is 0 Å². The third kappa shape index (κ3) is 3.63. The Morgan fingerprint density at radius 3 is 3.05 bits per heavy atom. The van der Waals surface area contributed by atoms with E-state index in [-0.39, 0.29) is 5.91 Å². The van der Waals surface area contributed by atoms with Crippen molar-refractivity contribution in [3.05, 3.63) is 27.9 Å². The summed E-state index contributed by atoms with van der Waals surface area (Å²) in [6.07, 6.45) is 0.655. The molecule has 0 aliphatic heterocycles. The molecule has 4 nitrogen and oxygen atoms in total. The molecule has 2 rings (SSSR count). The molecule has 0 fully saturated rings. The highest BCUT2D eigenvalue weighted by Gasteiger charge is 2.12. The molecule has 0 atom stereocenters. The van der Waals surface area contributed by atoms with Gasteiger partial charge < -0.3 is 4.90 Å². The fraction of sp³-hybridized carbons (Fsp3) is 0.308. The first-order valence-corrected chi connectivity index (χ1v) is 7.61. The SMILES string of the molecule is CN(CCC#N)C(=O)Cc1csc(-c2ccsc2)n1. The average molecular weight is 291 g/mol. The van der Waals surface area contributed by atoms with Gasteiger partial charge in [-0.1, -0.05) is 0 Å². The van der Waals surface area contributed by atoms with Crippen LogP contribution in [0, 0.1) is 11.3 Å². The number of likely N-dealkylation sites (N-methyl/N-ethyl adjacent to an activating group) is 1. The number of nitriles is 1. The third-order valence-electron chi connectivity index (χ3n) is 2.64. The fourth-order valence-corrected chi connectivity index (χ4v) is 3.07. The highest BCUT2D eigenvalue weighted by Crippen LogP contribution is 2.25. The van der Waals surface area contributed by atoms with Crippen LogP contribution in [0.3, 0.4) is 0 Å². The van der Waals surface area contributed by atoms with Gasteiger partial charge in [-0.05, 0) is 11.4 Å². The van der Waals surface area contributed by atoms with Gasteiger partial charge in [0.05, 0.1) is 24.6 Å². The summed E-state index contributed by atoms with van der Waals surface area (Å²) in [6.45, 7) is 0.469. The van der Waals surface area contributed by atoms with E-state index in [4.69, 9.17) is 5.26 Å². The molecular formula is C13H13N3OS2. The first-order valence-electron chi connectivity index (χ1n) is 5.78. The summed E-state index contributed by atoms with van der Waals surface area (Å²) in [7, 11) is 1.71. The van der Waals surface area contributed by atoms with E-state index in [2.05, 4.69) is 4.98 Å². The van der Waals surface area contributed by atoms with Crippen LogP contribution in [0.5, 0.6) is 0 Å². The second-order valence-corrected chi connectivity index (χ2v) is 5.69. The molecule has 1 amide bonds. The number of hydrogen-bond acceptors (Lipinski definition) is 5. The lowest BCUT2D eigenvalue weighted by Crippen LogP contribution is -2.29. The topological polar surface area (TPSA) is 57.0 Å². The van der Waals surface area contributed by atoms with Crippen molar-refractivity contribution >= 4 is 28.6 Å². The van der Waals surface area contributed by atoms with E-state index < -0.39 is 0 Å². The summed E-state index contributed by atoms with van der Waals surface area (Å²) >= 11 is 3.18. The lowest BCUT2D eigenvalue weighted by molar-refractivity contribution is -0.129. The highest BCUT2D eigenvalue weighted by atomic mass is 32.1. The van der Waals surface area contributed by atoms with E-state index in [1.54, 1.807) is 34.6 Å². The molecule has 0 saturated heterocycles. The molecule has 2 aromatic heterocycles. The van der Waals surface area contributed by atoms with Crippen LogP contribution in [-0.4, -0.2) is 29.4 Å². The summed E-state index contributed by atoms with van der Waals surface area (Å²) in [5.74, 6) is -0.00239. The monoisotopic (exact) mass is 291 g/mol. The van der Waals surface area contributed by atoms with Crippen LogP contribution in [-0.2, 0) is 11.2 Å². The summed E-state index contributed by atoms with van der Waals surface area (Å²) in [6, 6.07) is 4.06. The Hall–Kier alpha value is -1.71. The van der Waals surface area contributed by atoms with Gasteiger partial charge in [-0.3, -0.25) is 4.79 Å². The molecule has 2 heterocycles. The maximum absolute atomic E-state index is 11.9. The Labute approximate surface area is 119 Å². The molecule has 0 radical (unpaired) electrons. The predicted octanol–water partition coefficient (Wildman–Crippen LogP) is 2.79. The van der Waals surface area contributed by atoms with Crippen LogP contribution in [0.2, 0.25) is 0 Å². The first kappa shape index (κ1) is 13.7. The molecule has 0 aromatic carbocycles. The minimum atomic E-state index is -0.00239. The number of amides is 1. The smallest absolute Gasteiger partial charge is 0.228 e. The molecule has 0 aliphatic rings. The molecule has 98 valence electrons. The van der Waals surface area contributed by atoms with Crippen molar-refractivity contribution in [2.45, 2.75) is 12.8 Å². The normalized spacial score (nSPS) is 10.1. The van der Waals surface area contributed by atoms with Gasteiger partial charge in [-0.25, -0.2) is 4.98 Å². The summed E-state index contributed by atoms with van der Waals surface area (Å²) in [5, 5.41) is 15.4. The molecule has 19 heavy (non-hydrogen) atoms. The standard InChI is InChI=1S/C13H13N3OS2/c1-16(5-2-4-14)12(17)7-11-9-19-13(15-11)10-3-6-18-8-10/h3,6,8-9H,2,5,7H2,1H3. The number of thiazole rings is 1. The second-order valence-electron chi connectivity index (χ2n) is 4.06. The van der Waals surface area contributed by atoms with E-state index in [9.17, 15) is 4.79 Å². The minimum Gasteiger partial charge on any atom is -0.344 e. The molecule has 0 bridgehead atoms. The number of rotatable bonds is 5. The van der Waals surface area contributed by atoms with E-state index in [0.29, 0.717) is 19.4 Å². The molecule has 0 saturated carbocycles. The molecule has 0 N–H and O–H groups in total. The lowest BCUT2D eigenvalue weighted by Gasteiger charge is -2.14. The van der Waals surface area contributed by atoms with Crippen LogP contribution in [0.15, 0.2) is 22.2 Å². The molecule has 6 heteroatoms. The fourth-order valence-electron chi connectivity index (χ4n) is 1.54. The lowest BCUT2D eigenvalue weighted by atomic mass is 10.3. The van der Waals surface area contributed by atoms with Crippen LogP contribution in [0.4, 0.5) is 0 Å². The number of hydrogen-bond donors (Lipinski definition) is 0. The maximum atomic E-state index is 11.9. The van der Waals surface area contributed by atoms with Crippen molar-refractivity contribution in [2.75, 3.05) is 13.6 Å². The average Bonchev–Trinajstić information content (AvgIpc) is 3.05. The van der Waals surface area contributed by atoms with Crippen molar-refractivity contribution in [2.24, 2.45) is 0 Å². The van der Waals surface area contributed by atoms with Gasteiger partial charge in [-0.2, -0.15) is 16.6 Å². The largest absolute Gasteiger partial charge is 0.344 e. The number of thiophene rings is 1. The van der Waals surface area contributed by atoms with Crippen LogP contribution in [0.1, 0.15) is 12.1 Å². The zero-order chi connectivity index (χ0) is 13.7. The van der Waals surface area contributed by atoms with Gasteiger partial charge in [0.1, 0.15) is 5.01 Å². The Kier molecular flexibility index (Phi) is 4.66. The first-order chi connectivity index (χ1) is 9.20. The zero-order valence-electron chi connectivity index (χ0n) is 10.5. The maximum Gasteiger partial charge on any atom is 0.228 e. The highest BCUT2D eigenvalue weighted by molar-refractivity contribution is 7.14. The van der Waals surface area contributed by atoms with Crippen LogP contribution in [0.25, 0.3) is 10.6 Å². The number of nitrogens with zero attached hydrogens (tertiary/aromatic N) is 3. The van der Waals surface area contributed by atoms with Crippen molar-refractivity contribution in [3.63, 3.8) is 0 Å². The molecular weight excluding hydrogens is 278 g/mol. The van der Waals surface area contributed by atoms with Gasteiger partial charge in [0.15, 0.2) is 0 Å². The third-order valence-corrected chi connectivity index (χ3v) is 4.26. The van der Waals surface area contributed by atoms with Gasteiger partial charge in [0, 0.05) is 29.9 Å². The van der Waals surface area contributed by atoms with Crippen molar-refractivity contribution in [1.82, 2.24) is 9.88 Å². The molecule has 0 aliphatic carbocycles. The van der Waals surface area contributed by atoms with Gasteiger partial charge in [-0.15, -0.1) is 11.3 Å². The van der Waals surface area contributed by atoms with Crippen LogP contribution < -0.4 is 0 Å². The number of carbonyl (C=O) groups excluding carboxylic acids is 1. The van der Waals surface area contributed by atoms with E-state index >= 15 is 0 Å². The second kappa shape index (κ2) is 6.45. The summed E-state index contributed by atoms with van der Waals surface area (Å²) in [4.78, 5) is 17.9. The Bertz CT molecular complexity index is 583. The molecule has 0 unspecified atom stereocenters. The zero-order valence-corrected chi connectivity index (χ0v) is 12.1. The van der Waals surface area contributed by atoms with Crippen molar-refractivity contribution in [3.8, 4) is 16.6 Å². The van der Waals surface area contributed by atoms with E-state index in [1.807, 2.05) is 28.3 Å². The van der Waals surface area contributed by atoms with Gasteiger partial charge >= 0.3 is 0 Å². The quantitative estimate of drug-likeness (QED) is 0.851. The van der Waals surface area contributed by atoms with Gasteiger partial charge in [0.25, 0.3) is 0 Å².